The Labute approximate surface area is 119 Å². The van der Waals surface area contributed by atoms with Gasteiger partial charge in [0, 0.05) is 12.0 Å². The summed E-state index contributed by atoms with van der Waals surface area (Å²) in [7, 11) is 0. The third-order valence-electron chi connectivity index (χ3n) is 5.20. The Balaban J connectivity index is 1.48. The molecule has 3 atom stereocenters. The molecule has 3 heteroatoms. The average Bonchev–Trinajstić information content (AvgIpc) is 3.09. The predicted octanol–water partition coefficient (Wildman–Crippen LogP) is 3.47. The van der Waals surface area contributed by atoms with E-state index in [0.717, 1.165) is 28.9 Å². The molecule has 2 aliphatic carbocycles. The molecule has 3 unspecified atom stereocenters. The molecule has 4 rings (SSSR count). The minimum absolute atomic E-state index is 0.263. The Morgan fingerprint density at radius 3 is 2.70 bits per heavy atom. The molecule has 0 saturated heterocycles. The maximum Gasteiger partial charge on any atom is 0.163 e. The van der Waals surface area contributed by atoms with E-state index in [2.05, 4.69) is 0 Å². The van der Waals surface area contributed by atoms with E-state index in [4.69, 9.17) is 9.47 Å². The Morgan fingerprint density at radius 2 is 1.95 bits per heavy atom. The molecule has 106 valence electrons. The van der Waals surface area contributed by atoms with Crippen LogP contribution in [0, 0.1) is 17.8 Å². The zero-order chi connectivity index (χ0) is 13.5. The van der Waals surface area contributed by atoms with Crippen LogP contribution >= 0.6 is 0 Å². The number of fused-ring (bicyclic) bond motifs is 3. The van der Waals surface area contributed by atoms with E-state index < -0.39 is 0 Å². The lowest BCUT2D eigenvalue weighted by atomic mass is 9.84. The van der Waals surface area contributed by atoms with Crippen LogP contribution in [0.15, 0.2) is 18.2 Å². The summed E-state index contributed by atoms with van der Waals surface area (Å²) in [6, 6.07) is 5.59. The van der Waals surface area contributed by atoms with Crippen LogP contribution in [-0.2, 0) is 0 Å². The monoisotopic (exact) mass is 272 g/mol. The molecule has 2 fully saturated rings. The highest BCUT2D eigenvalue weighted by molar-refractivity contribution is 5.96. The van der Waals surface area contributed by atoms with Crippen LogP contribution in [0.1, 0.15) is 42.5 Å². The van der Waals surface area contributed by atoms with Gasteiger partial charge >= 0.3 is 0 Å². The fourth-order valence-electron chi connectivity index (χ4n) is 4.20. The summed E-state index contributed by atoms with van der Waals surface area (Å²) < 4.78 is 11.1. The van der Waals surface area contributed by atoms with Crippen LogP contribution in [-0.4, -0.2) is 19.0 Å². The first-order valence-corrected chi connectivity index (χ1v) is 7.72. The summed E-state index contributed by atoms with van der Waals surface area (Å²) in [4.78, 5) is 12.5. The molecule has 1 aromatic carbocycles. The number of carbonyl (C=O) groups excluding carboxylic acids is 1. The maximum atomic E-state index is 12.5. The molecule has 1 heterocycles. The average molecular weight is 272 g/mol. The van der Waals surface area contributed by atoms with Gasteiger partial charge in [-0.15, -0.1) is 0 Å². The highest BCUT2D eigenvalue weighted by atomic mass is 16.6. The Kier molecular flexibility index (Phi) is 2.94. The molecule has 0 N–H and O–H groups in total. The predicted molar refractivity (Wildman–Crippen MR) is 75.3 cm³/mol. The fraction of sp³-hybridized carbons (Fsp3) is 0.588. The normalized spacial score (nSPS) is 30.5. The molecule has 3 aliphatic rings. The van der Waals surface area contributed by atoms with Gasteiger partial charge in [0.15, 0.2) is 17.3 Å². The Morgan fingerprint density at radius 1 is 1.10 bits per heavy atom. The molecule has 2 bridgehead atoms. The topological polar surface area (TPSA) is 35.5 Å². The molecule has 3 nitrogen and oxygen atoms in total. The molecular formula is C17H20O3. The van der Waals surface area contributed by atoms with Crippen molar-refractivity contribution in [3.63, 3.8) is 0 Å². The van der Waals surface area contributed by atoms with Crippen molar-refractivity contribution in [2.24, 2.45) is 17.8 Å². The highest BCUT2D eigenvalue weighted by Gasteiger charge is 2.40. The van der Waals surface area contributed by atoms with E-state index in [0.29, 0.717) is 25.6 Å². The van der Waals surface area contributed by atoms with Crippen molar-refractivity contribution in [3.05, 3.63) is 23.8 Å². The Hall–Kier alpha value is -1.51. The van der Waals surface area contributed by atoms with Crippen LogP contribution in [0.5, 0.6) is 11.5 Å². The van der Waals surface area contributed by atoms with Gasteiger partial charge in [-0.25, -0.2) is 0 Å². The summed E-state index contributed by atoms with van der Waals surface area (Å²) in [6.45, 7) is 1.16. The minimum Gasteiger partial charge on any atom is -0.486 e. The first-order valence-electron chi connectivity index (χ1n) is 7.72. The van der Waals surface area contributed by atoms with E-state index in [9.17, 15) is 4.79 Å². The second-order valence-electron chi connectivity index (χ2n) is 6.42. The van der Waals surface area contributed by atoms with Crippen molar-refractivity contribution in [2.75, 3.05) is 13.2 Å². The summed E-state index contributed by atoms with van der Waals surface area (Å²) in [6.07, 6.45) is 6.06. The summed E-state index contributed by atoms with van der Waals surface area (Å²) in [5, 5.41) is 0. The van der Waals surface area contributed by atoms with Crippen LogP contribution in [0.3, 0.4) is 0 Å². The van der Waals surface area contributed by atoms with Crippen LogP contribution in [0.2, 0.25) is 0 Å². The number of Topliss-reactive ketones (excluding diaryl/α,β-unsaturated/α-hetero) is 1. The van der Waals surface area contributed by atoms with Gasteiger partial charge in [0.2, 0.25) is 0 Å². The summed E-state index contributed by atoms with van der Waals surface area (Å²) in [5.41, 5.74) is 0.775. The van der Waals surface area contributed by atoms with Crippen molar-refractivity contribution in [2.45, 2.75) is 32.1 Å². The van der Waals surface area contributed by atoms with E-state index in [1.807, 2.05) is 18.2 Å². The smallest absolute Gasteiger partial charge is 0.163 e. The van der Waals surface area contributed by atoms with Gasteiger partial charge < -0.3 is 9.47 Å². The van der Waals surface area contributed by atoms with E-state index in [1.54, 1.807) is 0 Å². The number of rotatable bonds is 3. The summed E-state index contributed by atoms with van der Waals surface area (Å²) >= 11 is 0. The number of ether oxygens (including phenoxy) is 2. The van der Waals surface area contributed by atoms with Gasteiger partial charge in [-0.05, 0) is 55.2 Å². The first-order chi connectivity index (χ1) is 9.79. The zero-order valence-corrected chi connectivity index (χ0v) is 11.6. The number of hydrogen-bond acceptors (Lipinski definition) is 3. The van der Waals surface area contributed by atoms with E-state index in [1.165, 1.54) is 25.7 Å². The standard InChI is InChI=1S/C17H20O3/c18-15(9-14-8-11-1-2-12(14)7-11)13-3-4-16-17(10-13)20-6-5-19-16/h3-4,10-12,14H,1-2,5-9H2. The van der Waals surface area contributed by atoms with Crippen molar-refractivity contribution >= 4 is 5.78 Å². The second kappa shape index (κ2) is 4.80. The molecule has 0 aromatic heterocycles. The van der Waals surface area contributed by atoms with Crippen molar-refractivity contribution < 1.29 is 14.3 Å². The number of benzene rings is 1. The quantitative estimate of drug-likeness (QED) is 0.790. The molecule has 1 aliphatic heterocycles. The molecule has 2 saturated carbocycles. The van der Waals surface area contributed by atoms with Crippen molar-refractivity contribution in [1.29, 1.82) is 0 Å². The minimum atomic E-state index is 0.263. The van der Waals surface area contributed by atoms with Gasteiger partial charge in [-0.3, -0.25) is 4.79 Å². The lowest BCUT2D eigenvalue weighted by Gasteiger charge is -2.21. The van der Waals surface area contributed by atoms with Gasteiger partial charge in [0.1, 0.15) is 13.2 Å². The maximum absolute atomic E-state index is 12.5. The number of hydrogen-bond donors (Lipinski definition) is 0. The lowest BCUT2D eigenvalue weighted by Crippen LogP contribution is -2.17. The second-order valence-corrected chi connectivity index (χ2v) is 6.42. The van der Waals surface area contributed by atoms with Crippen molar-refractivity contribution in [3.8, 4) is 11.5 Å². The van der Waals surface area contributed by atoms with Gasteiger partial charge in [-0.2, -0.15) is 0 Å². The van der Waals surface area contributed by atoms with Gasteiger partial charge in [-0.1, -0.05) is 6.42 Å². The van der Waals surface area contributed by atoms with Crippen LogP contribution < -0.4 is 9.47 Å². The van der Waals surface area contributed by atoms with Crippen molar-refractivity contribution in [1.82, 2.24) is 0 Å². The van der Waals surface area contributed by atoms with E-state index in [-0.39, 0.29) is 5.78 Å². The third-order valence-corrected chi connectivity index (χ3v) is 5.20. The first kappa shape index (κ1) is 12.2. The molecule has 0 spiro atoms. The molecule has 0 radical (unpaired) electrons. The number of ketones is 1. The number of carbonyl (C=O) groups is 1. The lowest BCUT2D eigenvalue weighted by molar-refractivity contribution is 0.0943. The SMILES string of the molecule is O=C(CC1CC2CCC1C2)c1ccc2c(c1)OCCO2. The molecular weight excluding hydrogens is 252 g/mol. The molecule has 1 aromatic rings. The van der Waals surface area contributed by atoms with Gasteiger partial charge in [0.05, 0.1) is 0 Å². The van der Waals surface area contributed by atoms with E-state index >= 15 is 0 Å². The fourth-order valence-corrected chi connectivity index (χ4v) is 4.20. The molecule has 20 heavy (non-hydrogen) atoms. The third kappa shape index (κ3) is 2.09. The van der Waals surface area contributed by atoms with Gasteiger partial charge in [0.25, 0.3) is 0 Å². The summed E-state index contributed by atoms with van der Waals surface area (Å²) in [5.74, 6) is 4.07. The highest BCUT2D eigenvalue weighted by Crippen LogP contribution is 2.49. The van der Waals surface area contributed by atoms with Crippen LogP contribution in [0.4, 0.5) is 0 Å². The molecule has 0 amide bonds. The largest absolute Gasteiger partial charge is 0.486 e. The zero-order valence-electron chi connectivity index (χ0n) is 11.6. The Bertz CT molecular complexity index is 537. The van der Waals surface area contributed by atoms with Crippen LogP contribution in [0.25, 0.3) is 0 Å².